The lowest BCUT2D eigenvalue weighted by Crippen LogP contribution is -2.42. The number of hydrogen-bond donors (Lipinski definition) is 1. The van der Waals surface area contributed by atoms with Gasteiger partial charge < -0.3 is 9.84 Å². The number of fused-ring (bicyclic) bond motifs is 1. The lowest BCUT2D eigenvalue weighted by molar-refractivity contribution is 0.0526. The van der Waals surface area contributed by atoms with Crippen molar-refractivity contribution in [3.05, 3.63) is 77.9 Å². The molecule has 1 saturated heterocycles. The Hall–Kier alpha value is -2.41. The Morgan fingerprint density at radius 2 is 1.76 bits per heavy atom. The Labute approximate surface area is 196 Å². The van der Waals surface area contributed by atoms with Crippen LogP contribution in [0.15, 0.2) is 66.7 Å². The van der Waals surface area contributed by atoms with Crippen molar-refractivity contribution in [2.45, 2.75) is 44.9 Å². The van der Waals surface area contributed by atoms with Crippen molar-refractivity contribution in [2.24, 2.45) is 0 Å². The van der Waals surface area contributed by atoms with Crippen LogP contribution in [0.4, 0.5) is 0 Å². The fourth-order valence-electron chi connectivity index (χ4n) is 4.52. The topological polar surface area (TPSA) is 66.8 Å². The summed E-state index contributed by atoms with van der Waals surface area (Å²) in [5.41, 5.74) is 2.38. The molecule has 1 N–H and O–H groups in total. The Balaban J connectivity index is 1.46. The Kier molecular flexibility index (Phi) is 7.37. The number of nitrogens with zero attached hydrogens (tertiary/aromatic N) is 1. The zero-order valence-corrected chi connectivity index (χ0v) is 20.2. The van der Waals surface area contributed by atoms with E-state index in [1.807, 2.05) is 42.5 Å². The minimum Gasteiger partial charge on any atom is -0.491 e. The van der Waals surface area contributed by atoms with Crippen LogP contribution in [0.1, 0.15) is 37.3 Å². The SMILES string of the molecule is CC(C)c1ccc(OCC(O)CN(Cc2cccc3ccccc23)C2CCS(=O)(=O)C2)cc1. The highest BCUT2D eigenvalue weighted by Gasteiger charge is 2.33. The van der Waals surface area contributed by atoms with E-state index in [0.717, 1.165) is 22.1 Å². The fraction of sp³-hybridized carbons (Fsp3) is 0.407. The molecule has 0 aliphatic carbocycles. The van der Waals surface area contributed by atoms with Crippen LogP contribution < -0.4 is 4.74 Å². The molecule has 0 radical (unpaired) electrons. The second-order valence-electron chi connectivity index (χ2n) is 9.31. The molecule has 33 heavy (non-hydrogen) atoms. The number of aliphatic hydroxyl groups excluding tert-OH is 1. The third-order valence-corrected chi connectivity index (χ3v) is 8.16. The number of aliphatic hydroxyl groups is 1. The maximum Gasteiger partial charge on any atom is 0.151 e. The zero-order valence-electron chi connectivity index (χ0n) is 19.4. The monoisotopic (exact) mass is 467 g/mol. The molecular weight excluding hydrogens is 434 g/mol. The van der Waals surface area contributed by atoms with Gasteiger partial charge in [-0.15, -0.1) is 0 Å². The van der Waals surface area contributed by atoms with Crippen molar-refractivity contribution in [1.82, 2.24) is 4.90 Å². The van der Waals surface area contributed by atoms with Gasteiger partial charge in [0, 0.05) is 19.1 Å². The summed E-state index contributed by atoms with van der Waals surface area (Å²) in [5.74, 6) is 1.53. The van der Waals surface area contributed by atoms with Gasteiger partial charge in [-0.05, 0) is 46.4 Å². The number of sulfone groups is 1. The molecule has 4 rings (SSSR count). The lowest BCUT2D eigenvalue weighted by Gasteiger charge is -2.30. The van der Waals surface area contributed by atoms with Gasteiger partial charge in [-0.3, -0.25) is 4.90 Å². The standard InChI is InChI=1S/C27H33NO4S/c1-20(2)21-10-12-26(13-11-21)32-18-25(29)17-28(24-14-15-33(30,31)19-24)16-23-8-5-7-22-6-3-4-9-27(22)23/h3-13,20,24-25,29H,14-19H2,1-2H3. The van der Waals surface area contributed by atoms with Crippen LogP contribution in [0.25, 0.3) is 10.8 Å². The highest BCUT2D eigenvalue weighted by Crippen LogP contribution is 2.25. The molecule has 1 heterocycles. The van der Waals surface area contributed by atoms with Crippen LogP contribution in [0.3, 0.4) is 0 Å². The second kappa shape index (κ2) is 10.2. The third-order valence-electron chi connectivity index (χ3n) is 6.41. The summed E-state index contributed by atoms with van der Waals surface area (Å²) in [5, 5.41) is 13.1. The maximum absolute atomic E-state index is 12.2. The van der Waals surface area contributed by atoms with Gasteiger partial charge in [0.15, 0.2) is 9.84 Å². The fourth-order valence-corrected chi connectivity index (χ4v) is 6.28. The van der Waals surface area contributed by atoms with Gasteiger partial charge in [-0.25, -0.2) is 8.42 Å². The average molecular weight is 468 g/mol. The van der Waals surface area contributed by atoms with E-state index >= 15 is 0 Å². The molecule has 0 saturated carbocycles. The highest BCUT2D eigenvalue weighted by atomic mass is 32.2. The minimum absolute atomic E-state index is 0.103. The number of rotatable bonds is 9. The summed E-state index contributed by atoms with van der Waals surface area (Å²) in [7, 11) is -3.03. The first kappa shape index (κ1) is 23.7. The van der Waals surface area contributed by atoms with Crippen molar-refractivity contribution >= 4 is 20.6 Å². The summed E-state index contributed by atoms with van der Waals surface area (Å²) in [6.07, 6.45) is -0.134. The van der Waals surface area contributed by atoms with Gasteiger partial charge >= 0.3 is 0 Å². The van der Waals surface area contributed by atoms with Crippen LogP contribution >= 0.6 is 0 Å². The molecule has 2 atom stereocenters. The van der Waals surface area contributed by atoms with Gasteiger partial charge in [0.05, 0.1) is 11.5 Å². The van der Waals surface area contributed by atoms with E-state index in [9.17, 15) is 13.5 Å². The zero-order chi connectivity index (χ0) is 23.4. The molecule has 1 aliphatic heterocycles. The molecule has 0 spiro atoms. The molecule has 3 aromatic carbocycles. The first-order valence-electron chi connectivity index (χ1n) is 11.6. The largest absolute Gasteiger partial charge is 0.491 e. The highest BCUT2D eigenvalue weighted by molar-refractivity contribution is 7.91. The quantitative estimate of drug-likeness (QED) is 0.506. The maximum atomic E-state index is 12.2. The molecule has 0 amide bonds. The van der Waals surface area contributed by atoms with Crippen LogP contribution in [-0.4, -0.2) is 55.2 Å². The average Bonchev–Trinajstić information content (AvgIpc) is 3.17. The normalized spacial score (nSPS) is 18.8. The molecular formula is C27H33NO4S. The molecule has 0 aromatic heterocycles. The van der Waals surface area contributed by atoms with Gasteiger partial charge in [-0.1, -0.05) is 68.4 Å². The van der Waals surface area contributed by atoms with E-state index in [0.29, 0.717) is 25.4 Å². The van der Waals surface area contributed by atoms with E-state index in [4.69, 9.17) is 4.74 Å². The number of hydrogen-bond acceptors (Lipinski definition) is 5. The molecule has 0 bridgehead atoms. The Morgan fingerprint density at radius 1 is 1.03 bits per heavy atom. The summed E-state index contributed by atoms with van der Waals surface area (Å²) in [4.78, 5) is 2.11. The van der Waals surface area contributed by atoms with Gasteiger partial charge in [0.2, 0.25) is 0 Å². The van der Waals surface area contributed by atoms with Crippen LogP contribution in [0.5, 0.6) is 5.75 Å². The Morgan fingerprint density at radius 3 is 2.45 bits per heavy atom. The van der Waals surface area contributed by atoms with Crippen molar-refractivity contribution in [3.63, 3.8) is 0 Å². The smallest absolute Gasteiger partial charge is 0.151 e. The van der Waals surface area contributed by atoms with Crippen LogP contribution in [-0.2, 0) is 16.4 Å². The molecule has 1 fully saturated rings. The predicted octanol–water partition coefficient (Wildman–Crippen LogP) is 4.39. The summed E-state index contributed by atoms with van der Waals surface area (Å²) < 4.78 is 30.2. The van der Waals surface area contributed by atoms with Gasteiger partial charge in [0.25, 0.3) is 0 Å². The van der Waals surface area contributed by atoms with Gasteiger partial charge in [0.1, 0.15) is 18.5 Å². The van der Waals surface area contributed by atoms with Crippen LogP contribution in [0, 0.1) is 0 Å². The van der Waals surface area contributed by atoms with E-state index in [1.165, 1.54) is 5.56 Å². The van der Waals surface area contributed by atoms with Crippen molar-refractivity contribution in [3.8, 4) is 5.75 Å². The number of benzene rings is 3. The third kappa shape index (κ3) is 6.14. The molecule has 176 valence electrons. The van der Waals surface area contributed by atoms with E-state index < -0.39 is 15.9 Å². The lowest BCUT2D eigenvalue weighted by atomic mass is 10.0. The summed E-state index contributed by atoms with van der Waals surface area (Å²) in [6.45, 7) is 5.39. The predicted molar refractivity (Wildman–Crippen MR) is 133 cm³/mol. The van der Waals surface area contributed by atoms with Crippen LogP contribution in [0.2, 0.25) is 0 Å². The summed E-state index contributed by atoms with van der Waals surface area (Å²) >= 11 is 0. The number of ether oxygens (including phenoxy) is 1. The Bertz CT molecular complexity index is 1170. The minimum atomic E-state index is -3.03. The molecule has 6 heteroatoms. The molecule has 1 aliphatic rings. The molecule has 5 nitrogen and oxygen atoms in total. The first-order chi connectivity index (χ1) is 15.8. The molecule has 3 aromatic rings. The van der Waals surface area contributed by atoms with E-state index in [-0.39, 0.29) is 24.2 Å². The molecule has 2 unspecified atom stereocenters. The van der Waals surface area contributed by atoms with E-state index in [2.05, 4.69) is 43.0 Å². The van der Waals surface area contributed by atoms with E-state index in [1.54, 1.807) is 0 Å². The summed E-state index contributed by atoms with van der Waals surface area (Å²) in [6, 6.07) is 22.2. The van der Waals surface area contributed by atoms with Gasteiger partial charge in [-0.2, -0.15) is 0 Å². The second-order valence-corrected chi connectivity index (χ2v) is 11.5. The van der Waals surface area contributed by atoms with Crippen molar-refractivity contribution in [2.75, 3.05) is 24.7 Å². The van der Waals surface area contributed by atoms with Crippen molar-refractivity contribution < 1.29 is 18.3 Å². The first-order valence-corrected chi connectivity index (χ1v) is 13.4. The van der Waals surface area contributed by atoms with Crippen molar-refractivity contribution in [1.29, 1.82) is 0 Å².